The Balaban J connectivity index is 1.38. The predicted molar refractivity (Wildman–Crippen MR) is 100 cm³/mol. The number of aromatic nitrogens is 1. The number of hydrogen-bond acceptors (Lipinski definition) is 3. The average Bonchev–Trinajstić information content (AvgIpc) is 2.66. The molecule has 25 heavy (non-hydrogen) atoms. The lowest BCUT2D eigenvalue weighted by molar-refractivity contribution is -0.132. The summed E-state index contributed by atoms with van der Waals surface area (Å²) in [5.74, 6) is 0.287. The Morgan fingerprint density at radius 2 is 1.76 bits per heavy atom. The van der Waals surface area contributed by atoms with E-state index in [1.54, 1.807) is 0 Å². The summed E-state index contributed by atoms with van der Waals surface area (Å²) < 4.78 is 0. The molecule has 3 rings (SSSR count). The van der Waals surface area contributed by atoms with Crippen LogP contribution in [0.25, 0.3) is 0 Å². The van der Waals surface area contributed by atoms with Gasteiger partial charge in [0.25, 0.3) is 0 Å². The highest BCUT2D eigenvalue weighted by atomic mass is 16.2. The fourth-order valence-corrected chi connectivity index (χ4v) is 3.33. The van der Waals surface area contributed by atoms with Crippen LogP contribution in [0.1, 0.15) is 23.1 Å². The summed E-state index contributed by atoms with van der Waals surface area (Å²) in [4.78, 5) is 21.0. The Kier molecular flexibility index (Phi) is 6.18. The molecule has 2 aromatic rings. The maximum absolute atomic E-state index is 12.4. The van der Waals surface area contributed by atoms with Gasteiger partial charge in [0, 0.05) is 51.5 Å². The molecule has 0 bridgehead atoms. The normalized spacial score (nSPS) is 15.3. The first-order valence-electron chi connectivity index (χ1n) is 9.15. The summed E-state index contributed by atoms with van der Waals surface area (Å²) in [6.45, 7) is 6.79. The van der Waals surface area contributed by atoms with Crippen LogP contribution in [0.2, 0.25) is 0 Å². The minimum atomic E-state index is 0.287. The van der Waals surface area contributed by atoms with Gasteiger partial charge in [0.2, 0.25) is 5.91 Å². The number of rotatable bonds is 6. The highest BCUT2D eigenvalue weighted by Gasteiger charge is 2.20. The van der Waals surface area contributed by atoms with Crippen LogP contribution in [0.5, 0.6) is 0 Å². The average molecular weight is 337 g/mol. The first-order valence-corrected chi connectivity index (χ1v) is 9.15. The molecule has 0 aliphatic carbocycles. The van der Waals surface area contributed by atoms with Gasteiger partial charge in [0.05, 0.1) is 0 Å². The van der Waals surface area contributed by atoms with Gasteiger partial charge in [0.15, 0.2) is 0 Å². The second-order valence-electron chi connectivity index (χ2n) is 6.82. The molecule has 132 valence electrons. The molecule has 1 saturated heterocycles. The zero-order valence-corrected chi connectivity index (χ0v) is 15.0. The summed E-state index contributed by atoms with van der Waals surface area (Å²) in [6.07, 6.45) is 6.19. The van der Waals surface area contributed by atoms with Gasteiger partial charge in [-0.05, 0) is 43.0 Å². The monoisotopic (exact) mass is 337 g/mol. The zero-order valence-electron chi connectivity index (χ0n) is 15.0. The molecule has 1 aromatic heterocycles. The molecule has 0 unspecified atom stereocenters. The van der Waals surface area contributed by atoms with Gasteiger partial charge in [0.1, 0.15) is 0 Å². The zero-order chi connectivity index (χ0) is 17.5. The van der Waals surface area contributed by atoms with Gasteiger partial charge >= 0.3 is 0 Å². The van der Waals surface area contributed by atoms with Crippen molar-refractivity contribution in [2.45, 2.75) is 26.2 Å². The SMILES string of the molecule is Cc1cccc(CCC(=O)N2CCN(CCc3ccncc3)CC2)c1. The van der Waals surface area contributed by atoms with Crippen molar-refractivity contribution in [2.75, 3.05) is 32.7 Å². The molecule has 4 nitrogen and oxygen atoms in total. The number of carbonyl (C=O) groups is 1. The smallest absolute Gasteiger partial charge is 0.222 e. The Hall–Kier alpha value is -2.20. The van der Waals surface area contributed by atoms with E-state index in [1.165, 1.54) is 16.7 Å². The first kappa shape index (κ1) is 17.6. The number of piperazine rings is 1. The van der Waals surface area contributed by atoms with Crippen molar-refractivity contribution in [3.63, 3.8) is 0 Å². The minimum Gasteiger partial charge on any atom is -0.340 e. The topological polar surface area (TPSA) is 36.4 Å². The first-order chi connectivity index (χ1) is 12.2. The van der Waals surface area contributed by atoms with E-state index >= 15 is 0 Å². The number of hydrogen-bond donors (Lipinski definition) is 0. The lowest BCUT2D eigenvalue weighted by Gasteiger charge is -2.34. The number of aryl methyl sites for hydroxylation is 2. The van der Waals surface area contributed by atoms with E-state index in [0.29, 0.717) is 6.42 Å². The third-order valence-electron chi connectivity index (χ3n) is 4.90. The van der Waals surface area contributed by atoms with Crippen LogP contribution >= 0.6 is 0 Å². The number of benzene rings is 1. The van der Waals surface area contributed by atoms with Crippen LogP contribution in [0.15, 0.2) is 48.8 Å². The number of carbonyl (C=O) groups excluding carboxylic acids is 1. The van der Waals surface area contributed by atoms with Crippen molar-refractivity contribution >= 4 is 5.91 Å². The third kappa shape index (κ3) is 5.40. The molecule has 1 amide bonds. The molecule has 0 N–H and O–H groups in total. The molecule has 0 spiro atoms. The molecule has 1 fully saturated rings. The summed E-state index contributed by atoms with van der Waals surface area (Å²) in [6, 6.07) is 12.6. The van der Waals surface area contributed by atoms with E-state index < -0.39 is 0 Å². The largest absolute Gasteiger partial charge is 0.340 e. The summed E-state index contributed by atoms with van der Waals surface area (Å²) in [5.41, 5.74) is 3.84. The molecular formula is C21H27N3O. The van der Waals surface area contributed by atoms with Crippen molar-refractivity contribution in [2.24, 2.45) is 0 Å². The Bertz CT molecular complexity index is 679. The van der Waals surface area contributed by atoms with Crippen LogP contribution in [-0.2, 0) is 17.6 Å². The number of pyridine rings is 1. The van der Waals surface area contributed by atoms with Crippen LogP contribution in [0.3, 0.4) is 0 Å². The number of nitrogens with zero attached hydrogens (tertiary/aromatic N) is 3. The quantitative estimate of drug-likeness (QED) is 0.813. The molecule has 2 heterocycles. The van der Waals surface area contributed by atoms with Gasteiger partial charge < -0.3 is 4.90 Å². The lowest BCUT2D eigenvalue weighted by Crippen LogP contribution is -2.49. The lowest BCUT2D eigenvalue weighted by atomic mass is 10.1. The molecule has 4 heteroatoms. The highest BCUT2D eigenvalue weighted by Crippen LogP contribution is 2.10. The van der Waals surface area contributed by atoms with Gasteiger partial charge in [-0.15, -0.1) is 0 Å². The fraction of sp³-hybridized carbons (Fsp3) is 0.429. The molecule has 1 aliphatic heterocycles. The maximum Gasteiger partial charge on any atom is 0.222 e. The second kappa shape index (κ2) is 8.77. The highest BCUT2D eigenvalue weighted by molar-refractivity contribution is 5.76. The summed E-state index contributed by atoms with van der Waals surface area (Å²) in [5, 5.41) is 0. The molecule has 0 atom stereocenters. The second-order valence-corrected chi connectivity index (χ2v) is 6.82. The summed E-state index contributed by atoms with van der Waals surface area (Å²) >= 11 is 0. The van der Waals surface area contributed by atoms with Gasteiger partial charge in [-0.2, -0.15) is 0 Å². The van der Waals surface area contributed by atoms with Crippen molar-refractivity contribution < 1.29 is 4.79 Å². The molecule has 1 aliphatic rings. The van der Waals surface area contributed by atoms with E-state index in [2.05, 4.69) is 53.2 Å². The van der Waals surface area contributed by atoms with Crippen molar-refractivity contribution in [1.29, 1.82) is 0 Å². The Morgan fingerprint density at radius 3 is 2.48 bits per heavy atom. The standard InChI is InChI=1S/C21H27N3O/c1-18-3-2-4-20(17-18)5-6-21(25)24-15-13-23(14-16-24)12-9-19-7-10-22-11-8-19/h2-4,7-8,10-11,17H,5-6,9,12-16H2,1H3. The van der Waals surface area contributed by atoms with Gasteiger partial charge in [-0.25, -0.2) is 0 Å². The molecular weight excluding hydrogens is 310 g/mol. The third-order valence-corrected chi connectivity index (χ3v) is 4.90. The minimum absolute atomic E-state index is 0.287. The van der Waals surface area contributed by atoms with Crippen molar-refractivity contribution in [3.8, 4) is 0 Å². The van der Waals surface area contributed by atoms with Crippen molar-refractivity contribution in [1.82, 2.24) is 14.8 Å². The van der Waals surface area contributed by atoms with Gasteiger partial charge in [-0.1, -0.05) is 29.8 Å². The fourth-order valence-electron chi connectivity index (χ4n) is 3.33. The van der Waals surface area contributed by atoms with Crippen LogP contribution in [0.4, 0.5) is 0 Å². The van der Waals surface area contributed by atoms with E-state index in [-0.39, 0.29) is 5.91 Å². The van der Waals surface area contributed by atoms with E-state index in [9.17, 15) is 4.79 Å². The van der Waals surface area contributed by atoms with Gasteiger partial charge in [-0.3, -0.25) is 14.7 Å². The van der Waals surface area contributed by atoms with Crippen LogP contribution < -0.4 is 0 Å². The molecule has 0 saturated carbocycles. The van der Waals surface area contributed by atoms with Crippen molar-refractivity contribution in [3.05, 3.63) is 65.5 Å². The van der Waals surface area contributed by atoms with E-state index in [0.717, 1.165) is 45.6 Å². The predicted octanol–water partition coefficient (Wildman–Crippen LogP) is 2.71. The molecule has 0 radical (unpaired) electrons. The number of amides is 1. The van der Waals surface area contributed by atoms with E-state index in [1.807, 2.05) is 17.3 Å². The Morgan fingerprint density at radius 1 is 1.00 bits per heavy atom. The van der Waals surface area contributed by atoms with Crippen LogP contribution in [-0.4, -0.2) is 53.4 Å². The molecule has 1 aromatic carbocycles. The summed E-state index contributed by atoms with van der Waals surface area (Å²) in [7, 11) is 0. The maximum atomic E-state index is 12.4. The van der Waals surface area contributed by atoms with E-state index in [4.69, 9.17) is 0 Å². The Labute approximate surface area is 150 Å². The van der Waals surface area contributed by atoms with Crippen LogP contribution in [0, 0.1) is 6.92 Å².